The summed E-state index contributed by atoms with van der Waals surface area (Å²) in [6.45, 7) is 1.37. The van der Waals surface area contributed by atoms with E-state index in [0.717, 1.165) is 6.07 Å². The van der Waals surface area contributed by atoms with E-state index in [0.29, 0.717) is 5.56 Å². The smallest absolute Gasteiger partial charge is 0.311 e. The van der Waals surface area contributed by atoms with Crippen LogP contribution in [-0.4, -0.2) is 10.8 Å². The molecule has 0 atom stereocenters. The second-order valence-electron chi connectivity index (χ2n) is 6.08. The molecule has 156 valence electrons. The van der Waals surface area contributed by atoms with Gasteiger partial charge in [0.2, 0.25) is 0 Å². The monoisotopic (exact) mass is 424 g/mol. The summed E-state index contributed by atoms with van der Waals surface area (Å²) in [4.78, 5) is 22.6. The first-order chi connectivity index (χ1) is 14.2. The third-order valence-corrected chi connectivity index (χ3v) is 3.92. The molecular formula is C19H12F4N2O5. The Morgan fingerprint density at radius 3 is 2.40 bits per heavy atom. The van der Waals surface area contributed by atoms with Crippen molar-refractivity contribution < 1.29 is 36.4 Å². The largest absolute Gasteiger partial charge is 0.479 e. The van der Waals surface area contributed by atoms with Gasteiger partial charge in [0, 0.05) is 12.1 Å². The first-order valence-corrected chi connectivity index (χ1v) is 8.28. The van der Waals surface area contributed by atoms with Crippen LogP contribution in [0.1, 0.15) is 21.9 Å². The number of anilines is 1. The van der Waals surface area contributed by atoms with Crippen LogP contribution < -0.4 is 10.1 Å². The highest BCUT2D eigenvalue weighted by atomic mass is 19.2. The lowest BCUT2D eigenvalue weighted by molar-refractivity contribution is -0.386. The van der Waals surface area contributed by atoms with E-state index < -0.39 is 45.5 Å². The highest BCUT2D eigenvalue weighted by Crippen LogP contribution is 2.29. The van der Waals surface area contributed by atoms with E-state index in [9.17, 15) is 32.5 Å². The fraction of sp³-hybridized carbons (Fsp3) is 0.105. The highest BCUT2D eigenvalue weighted by Gasteiger charge is 2.23. The van der Waals surface area contributed by atoms with Crippen molar-refractivity contribution in [1.82, 2.24) is 0 Å². The number of rotatable bonds is 6. The third-order valence-electron chi connectivity index (χ3n) is 3.92. The van der Waals surface area contributed by atoms with E-state index in [1.54, 1.807) is 18.3 Å². The number of amides is 1. The lowest BCUT2D eigenvalue weighted by atomic mass is 10.2. The van der Waals surface area contributed by atoms with Crippen molar-refractivity contribution in [2.24, 2.45) is 0 Å². The van der Waals surface area contributed by atoms with E-state index in [1.807, 2.05) is 0 Å². The Balaban J connectivity index is 1.73. The summed E-state index contributed by atoms with van der Waals surface area (Å²) in [5.74, 6) is -8.50. The number of hydrogen-bond donors (Lipinski definition) is 1. The summed E-state index contributed by atoms with van der Waals surface area (Å²) in [7, 11) is 0. The molecule has 3 aromatic rings. The molecule has 0 radical (unpaired) electrons. The zero-order chi connectivity index (χ0) is 22.0. The minimum Gasteiger partial charge on any atom is -0.479 e. The summed E-state index contributed by atoms with van der Waals surface area (Å²) < 4.78 is 64.3. The molecule has 7 nitrogen and oxygen atoms in total. The average molecular weight is 424 g/mol. The summed E-state index contributed by atoms with van der Waals surface area (Å²) >= 11 is 0. The number of nitro benzene ring substituents is 1. The van der Waals surface area contributed by atoms with Gasteiger partial charge in [-0.25, -0.2) is 17.6 Å². The normalized spacial score (nSPS) is 10.7. The molecule has 0 saturated heterocycles. The van der Waals surface area contributed by atoms with Gasteiger partial charge in [0.25, 0.3) is 5.91 Å². The number of carbonyl (C=O) groups excluding carboxylic acids is 1. The summed E-state index contributed by atoms with van der Waals surface area (Å²) in [5.41, 5.74) is -0.917. The van der Waals surface area contributed by atoms with Crippen molar-refractivity contribution >= 4 is 17.3 Å². The van der Waals surface area contributed by atoms with Gasteiger partial charge in [-0.1, -0.05) is 6.07 Å². The third kappa shape index (κ3) is 4.24. The van der Waals surface area contributed by atoms with Crippen molar-refractivity contribution in [3.63, 3.8) is 0 Å². The Kier molecular flexibility index (Phi) is 5.72. The van der Waals surface area contributed by atoms with Crippen molar-refractivity contribution in [1.29, 1.82) is 0 Å². The van der Waals surface area contributed by atoms with Crippen LogP contribution in [0.25, 0.3) is 0 Å². The number of nitrogens with one attached hydrogen (secondary N) is 1. The van der Waals surface area contributed by atoms with Gasteiger partial charge < -0.3 is 14.5 Å². The predicted molar refractivity (Wildman–Crippen MR) is 95.1 cm³/mol. The van der Waals surface area contributed by atoms with Crippen LogP contribution in [0.15, 0.2) is 40.8 Å². The Bertz CT molecular complexity index is 1120. The number of nitro groups is 1. The van der Waals surface area contributed by atoms with Gasteiger partial charge in [0.1, 0.15) is 18.1 Å². The zero-order valence-electron chi connectivity index (χ0n) is 15.2. The lowest BCUT2D eigenvalue weighted by Crippen LogP contribution is -2.15. The molecule has 0 spiro atoms. The molecule has 11 heteroatoms. The van der Waals surface area contributed by atoms with Crippen LogP contribution in [0.4, 0.5) is 28.9 Å². The number of ether oxygens (including phenoxy) is 1. The van der Waals surface area contributed by atoms with Gasteiger partial charge >= 0.3 is 5.69 Å². The molecule has 0 bridgehead atoms. The minimum absolute atomic E-state index is 0.00687. The molecule has 0 unspecified atom stereocenters. The van der Waals surface area contributed by atoms with Gasteiger partial charge in [-0.3, -0.25) is 14.9 Å². The fourth-order valence-electron chi connectivity index (χ4n) is 2.48. The van der Waals surface area contributed by atoms with Gasteiger partial charge in [0.05, 0.1) is 4.92 Å². The molecule has 1 heterocycles. The van der Waals surface area contributed by atoms with Crippen LogP contribution in [0.2, 0.25) is 0 Å². The number of carbonyl (C=O) groups is 1. The molecule has 0 saturated carbocycles. The highest BCUT2D eigenvalue weighted by molar-refractivity contribution is 6.02. The van der Waals surface area contributed by atoms with Crippen LogP contribution in [0.5, 0.6) is 5.75 Å². The van der Waals surface area contributed by atoms with Crippen molar-refractivity contribution in [2.75, 3.05) is 5.32 Å². The van der Waals surface area contributed by atoms with E-state index in [2.05, 4.69) is 0 Å². The van der Waals surface area contributed by atoms with Crippen molar-refractivity contribution in [3.05, 3.63) is 86.9 Å². The molecule has 1 N–H and O–H groups in total. The van der Waals surface area contributed by atoms with E-state index in [1.165, 1.54) is 18.2 Å². The van der Waals surface area contributed by atoms with E-state index >= 15 is 0 Å². The van der Waals surface area contributed by atoms with Crippen LogP contribution in [-0.2, 0) is 6.61 Å². The van der Waals surface area contributed by atoms with Gasteiger partial charge in [0.15, 0.2) is 34.8 Å². The molecule has 3 rings (SSSR count). The van der Waals surface area contributed by atoms with E-state index in [-0.39, 0.29) is 29.9 Å². The van der Waals surface area contributed by atoms with Crippen LogP contribution in [0.3, 0.4) is 0 Å². The summed E-state index contributed by atoms with van der Waals surface area (Å²) in [6, 6.07) is 6.74. The second-order valence-corrected chi connectivity index (χ2v) is 6.08. The lowest BCUT2D eigenvalue weighted by Gasteiger charge is -2.08. The van der Waals surface area contributed by atoms with Crippen LogP contribution in [0, 0.1) is 40.3 Å². The Morgan fingerprint density at radius 2 is 1.77 bits per heavy atom. The molecule has 0 aliphatic heterocycles. The standard InChI is InChI=1S/C19H12F4N2O5/c1-9-2-4-14(13(6-9)25(27)28)29-8-10-3-5-15(30-10)19(26)24-18-16(22)11(20)7-12(21)17(18)23/h2-7H,8H2,1H3,(H,24,26). The second kappa shape index (κ2) is 8.23. The maximum absolute atomic E-state index is 13.7. The number of aryl methyl sites for hydroxylation is 1. The quantitative estimate of drug-likeness (QED) is 0.263. The molecular weight excluding hydrogens is 412 g/mol. The topological polar surface area (TPSA) is 94.6 Å². The van der Waals surface area contributed by atoms with Gasteiger partial charge in [-0.05, 0) is 30.7 Å². The van der Waals surface area contributed by atoms with E-state index in [4.69, 9.17) is 9.15 Å². The first-order valence-electron chi connectivity index (χ1n) is 8.28. The Morgan fingerprint density at radius 1 is 1.10 bits per heavy atom. The summed E-state index contributed by atoms with van der Waals surface area (Å²) in [6.07, 6.45) is 0. The number of benzene rings is 2. The number of hydrogen-bond acceptors (Lipinski definition) is 5. The predicted octanol–water partition coefficient (Wildman–Crippen LogP) is 4.88. The number of nitrogens with zero attached hydrogens (tertiary/aromatic N) is 1. The SMILES string of the molecule is Cc1ccc(OCc2ccc(C(=O)Nc3c(F)c(F)cc(F)c3F)o2)c([N+](=O)[O-])c1. The summed E-state index contributed by atoms with van der Waals surface area (Å²) in [5, 5.41) is 12.8. The van der Waals surface area contributed by atoms with Crippen LogP contribution >= 0.6 is 0 Å². The minimum atomic E-state index is -1.77. The molecule has 30 heavy (non-hydrogen) atoms. The molecule has 0 aliphatic carbocycles. The Hall–Kier alpha value is -3.89. The number of furan rings is 1. The molecule has 0 fully saturated rings. The maximum Gasteiger partial charge on any atom is 0.311 e. The van der Waals surface area contributed by atoms with Gasteiger partial charge in [-0.15, -0.1) is 0 Å². The molecule has 1 amide bonds. The first kappa shape index (κ1) is 20.8. The molecule has 2 aromatic carbocycles. The molecule has 1 aromatic heterocycles. The maximum atomic E-state index is 13.7. The fourth-order valence-corrected chi connectivity index (χ4v) is 2.48. The zero-order valence-corrected chi connectivity index (χ0v) is 15.2. The van der Waals surface area contributed by atoms with Crippen molar-refractivity contribution in [2.45, 2.75) is 13.5 Å². The number of halogens is 4. The Labute approximate surface area is 166 Å². The van der Waals surface area contributed by atoms with Gasteiger partial charge in [-0.2, -0.15) is 0 Å². The molecule has 0 aliphatic rings. The van der Waals surface area contributed by atoms with Crippen molar-refractivity contribution in [3.8, 4) is 5.75 Å². The average Bonchev–Trinajstić information content (AvgIpc) is 3.17.